The number of carbonyl (C=O) groups is 1. The lowest BCUT2D eigenvalue weighted by Crippen LogP contribution is -2.25. The molecule has 1 aliphatic carbocycles. The molecular weight excluding hydrogens is 190 g/mol. The predicted molar refractivity (Wildman–Crippen MR) is 60.4 cm³/mol. The van der Waals surface area contributed by atoms with Gasteiger partial charge in [0, 0.05) is 6.42 Å². The molecule has 1 rings (SSSR count). The molecule has 0 aromatic rings. The first-order valence-electron chi connectivity index (χ1n) is 6.15. The third kappa shape index (κ3) is 4.65. The molecular formula is C12H23NO2. The smallest absolute Gasteiger partial charge is 0.306 e. The molecule has 1 aliphatic rings. The zero-order chi connectivity index (χ0) is 11.1. The minimum Gasteiger partial charge on any atom is -0.462 e. The molecule has 1 fully saturated rings. The average molecular weight is 213 g/mol. The Kier molecular flexibility index (Phi) is 5.69. The molecule has 3 heteroatoms. The van der Waals surface area contributed by atoms with Crippen LogP contribution in [0.4, 0.5) is 0 Å². The lowest BCUT2D eigenvalue weighted by molar-refractivity contribution is -0.153. The minimum atomic E-state index is -0.0184. The van der Waals surface area contributed by atoms with Crippen molar-refractivity contribution in [2.45, 2.75) is 58.0 Å². The highest BCUT2D eigenvalue weighted by atomic mass is 16.5. The fourth-order valence-corrected chi connectivity index (χ4v) is 1.84. The van der Waals surface area contributed by atoms with Crippen LogP contribution >= 0.6 is 0 Å². The van der Waals surface area contributed by atoms with Gasteiger partial charge < -0.3 is 10.5 Å². The van der Waals surface area contributed by atoms with Gasteiger partial charge in [-0.3, -0.25) is 4.79 Å². The van der Waals surface area contributed by atoms with Crippen LogP contribution in [0.5, 0.6) is 0 Å². The van der Waals surface area contributed by atoms with Crippen LogP contribution in [0.1, 0.15) is 51.9 Å². The van der Waals surface area contributed by atoms with E-state index in [2.05, 4.69) is 6.92 Å². The van der Waals surface area contributed by atoms with Crippen molar-refractivity contribution in [3.8, 4) is 0 Å². The zero-order valence-corrected chi connectivity index (χ0v) is 9.71. The van der Waals surface area contributed by atoms with E-state index in [1.165, 1.54) is 6.42 Å². The maximum absolute atomic E-state index is 11.4. The molecule has 1 saturated carbocycles. The van der Waals surface area contributed by atoms with Crippen molar-refractivity contribution in [1.82, 2.24) is 0 Å². The van der Waals surface area contributed by atoms with Crippen molar-refractivity contribution >= 4 is 5.97 Å². The number of nitrogens with two attached hydrogens (primary N) is 1. The lowest BCUT2D eigenvalue weighted by Gasteiger charge is -2.25. The van der Waals surface area contributed by atoms with Gasteiger partial charge in [0.15, 0.2) is 0 Å². The maximum atomic E-state index is 11.4. The highest BCUT2D eigenvalue weighted by Crippen LogP contribution is 2.23. The molecule has 0 bridgehead atoms. The summed E-state index contributed by atoms with van der Waals surface area (Å²) in [6.45, 7) is 2.87. The summed E-state index contributed by atoms with van der Waals surface area (Å²) in [5.74, 6) is 0.569. The topological polar surface area (TPSA) is 52.3 Å². The van der Waals surface area contributed by atoms with E-state index in [4.69, 9.17) is 10.5 Å². The van der Waals surface area contributed by atoms with Crippen molar-refractivity contribution in [2.75, 3.05) is 6.54 Å². The van der Waals surface area contributed by atoms with Crippen LogP contribution in [0.3, 0.4) is 0 Å². The lowest BCUT2D eigenvalue weighted by atomic mass is 9.95. The molecule has 1 unspecified atom stereocenters. The van der Waals surface area contributed by atoms with E-state index < -0.39 is 0 Å². The number of hydrogen-bond donors (Lipinski definition) is 1. The second-order valence-electron chi connectivity index (χ2n) is 4.43. The summed E-state index contributed by atoms with van der Waals surface area (Å²) >= 11 is 0. The standard InChI is InChI=1S/C12H23NO2/c1-2-10(8-9-13)6-7-12(14)15-11-4-3-5-11/h10-11H,2-9,13H2,1H3. The fourth-order valence-electron chi connectivity index (χ4n) is 1.84. The Morgan fingerprint density at radius 2 is 2.20 bits per heavy atom. The number of rotatable bonds is 7. The van der Waals surface area contributed by atoms with E-state index in [0.29, 0.717) is 12.3 Å². The summed E-state index contributed by atoms with van der Waals surface area (Å²) in [7, 11) is 0. The van der Waals surface area contributed by atoms with Crippen LogP contribution < -0.4 is 5.73 Å². The summed E-state index contributed by atoms with van der Waals surface area (Å²) in [4.78, 5) is 11.4. The van der Waals surface area contributed by atoms with Gasteiger partial charge in [-0.2, -0.15) is 0 Å². The van der Waals surface area contributed by atoms with Gasteiger partial charge in [-0.05, 0) is 44.6 Å². The van der Waals surface area contributed by atoms with Crippen molar-refractivity contribution in [3.63, 3.8) is 0 Å². The van der Waals surface area contributed by atoms with Gasteiger partial charge in [-0.25, -0.2) is 0 Å². The van der Waals surface area contributed by atoms with Crippen LogP contribution in [0.25, 0.3) is 0 Å². The molecule has 0 aromatic heterocycles. The first-order valence-corrected chi connectivity index (χ1v) is 6.15. The highest BCUT2D eigenvalue weighted by Gasteiger charge is 2.21. The second kappa shape index (κ2) is 6.83. The number of ether oxygens (including phenoxy) is 1. The Morgan fingerprint density at radius 1 is 1.47 bits per heavy atom. The molecule has 0 saturated heterocycles. The molecule has 88 valence electrons. The number of hydrogen-bond acceptors (Lipinski definition) is 3. The van der Waals surface area contributed by atoms with Crippen LogP contribution in [-0.4, -0.2) is 18.6 Å². The van der Waals surface area contributed by atoms with Crippen molar-refractivity contribution in [1.29, 1.82) is 0 Å². The normalized spacial score (nSPS) is 18.3. The Labute approximate surface area is 92.4 Å². The van der Waals surface area contributed by atoms with Gasteiger partial charge in [-0.15, -0.1) is 0 Å². The monoisotopic (exact) mass is 213 g/mol. The fraction of sp³-hybridized carbons (Fsp3) is 0.917. The quantitative estimate of drug-likeness (QED) is 0.660. The number of esters is 1. The maximum Gasteiger partial charge on any atom is 0.306 e. The number of carbonyl (C=O) groups excluding carboxylic acids is 1. The van der Waals surface area contributed by atoms with Gasteiger partial charge in [0.25, 0.3) is 0 Å². The Morgan fingerprint density at radius 3 is 2.67 bits per heavy atom. The summed E-state index contributed by atoms with van der Waals surface area (Å²) in [6.07, 6.45) is 7.18. The van der Waals surface area contributed by atoms with E-state index in [1.54, 1.807) is 0 Å². The van der Waals surface area contributed by atoms with Crippen molar-refractivity contribution < 1.29 is 9.53 Å². The van der Waals surface area contributed by atoms with Gasteiger partial charge in [-0.1, -0.05) is 13.3 Å². The van der Waals surface area contributed by atoms with Gasteiger partial charge in [0.1, 0.15) is 6.10 Å². The van der Waals surface area contributed by atoms with Gasteiger partial charge in [0.05, 0.1) is 0 Å². The van der Waals surface area contributed by atoms with E-state index in [-0.39, 0.29) is 12.1 Å². The highest BCUT2D eigenvalue weighted by molar-refractivity contribution is 5.69. The average Bonchev–Trinajstić information content (AvgIpc) is 2.18. The summed E-state index contributed by atoms with van der Waals surface area (Å²) < 4.78 is 5.29. The Hall–Kier alpha value is -0.570. The predicted octanol–water partition coefficient (Wildman–Crippen LogP) is 2.24. The van der Waals surface area contributed by atoms with Gasteiger partial charge >= 0.3 is 5.97 Å². The van der Waals surface area contributed by atoms with Crippen LogP contribution in [0.15, 0.2) is 0 Å². The summed E-state index contributed by atoms with van der Waals surface area (Å²) in [5, 5.41) is 0. The van der Waals surface area contributed by atoms with E-state index in [9.17, 15) is 4.79 Å². The van der Waals surface area contributed by atoms with E-state index >= 15 is 0 Å². The SMILES string of the molecule is CCC(CCN)CCC(=O)OC1CCC1. The molecule has 0 heterocycles. The molecule has 1 atom stereocenters. The van der Waals surface area contributed by atoms with E-state index in [0.717, 1.165) is 38.6 Å². The Bertz CT molecular complexity index is 190. The van der Waals surface area contributed by atoms with Crippen LogP contribution in [0, 0.1) is 5.92 Å². The van der Waals surface area contributed by atoms with Crippen LogP contribution in [-0.2, 0) is 9.53 Å². The minimum absolute atomic E-state index is 0.0184. The molecule has 15 heavy (non-hydrogen) atoms. The Balaban J connectivity index is 2.08. The van der Waals surface area contributed by atoms with E-state index in [1.807, 2.05) is 0 Å². The third-order valence-electron chi connectivity index (χ3n) is 3.26. The molecule has 0 aliphatic heterocycles. The third-order valence-corrected chi connectivity index (χ3v) is 3.26. The molecule has 0 amide bonds. The molecule has 0 spiro atoms. The summed E-state index contributed by atoms with van der Waals surface area (Å²) in [5.41, 5.74) is 5.51. The molecule has 3 nitrogen and oxygen atoms in total. The zero-order valence-electron chi connectivity index (χ0n) is 9.71. The van der Waals surface area contributed by atoms with Crippen molar-refractivity contribution in [3.05, 3.63) is 0 Å². The molecule has 0 radical (unpaired) electrons. The molecule has 0 aromatic carbocycles. The van der Waals surface area contributed by atoms with Crippen LogP contribution in [0.2, 0.25) is 0 Å². The second-order valence-corrected chi connectivity index (χ2v) is 4.43. The largest absolute Gasteiger partial charge is 0.462 e. The van der Waals surface area contributed by atoms with Gasteiger partial charge in [0.2, 0.25) is 0 Å². The summed E-state index contributed by atoms with van der Waals surface area (Å²) in [6, 6.07) is 0. The van der Waals surface area contributed by atoms with Crippen molar-refractivity contribution in [2.24, 2.45) is 11.7 Å². The first-order chi connectivity index (χ1) is 7.26. The molecule has 2 N–H and O–H groups in total. The first kappa shape index (κ1) is 12.5.